The average molecular weight is 555 g/mol. The number of hydrogen-bond donors (Lipinski definition) is 2. The molecule has 2 N–H and O–H groups in total. The summed E-state index contributed by atoms with van der Waals surface area (Å²) in [6.45, 7) is 1.64. The summed E-state index contributed by atoms with van der Waals surface area (Å²) in [5.41, 5.74) is 3.09. The molecular weight excluding hydrogens is 520 g/mol. The molecule has 4 aromatic rings. The van der Waals surface area contributed by atoms with Crippen LogP contribution in [0.1, 0.15) is 44.6 Å². The molecule has 0 radical (unpaired) electrons. The number of nitrogens with one attached hydrogen (secondary N) is 2. The quantitative estimate of drug-likeness (QED) is 0.341. The number of methoxy groups -OCH3 is 1. The Kier molecular flexibility index (Phi) is 6.97. The number of carbonyl (C=O) groups is 1. The van der Waals surface area contributed by atoms with Gasteiger partial charge in [-0.25, -0.2) is 19.4 Å². The normalized spacial score (nSPS) is 24.0. The van der Waals surface area contributed by atoms with E-state index < -0.39 is 0 Å². The molecule has 41 heavy (non-hydrogen) atoms. The molecule has 0 spiro atoms. The zero-order valence-electron chi connectivity index (χ0n) is 23.1. The Bertz CT molecular complexity index is 1510. The van der Waals surface area contributed by atoms with E-state index in [0.717, 1.165) is 74.0 Å². The van der Waals surface area contributed by atoms with Crippen molar-refractivity contribution in [2.24, 2.45) is 0 Å². The molecule has 11 heteroatoms. The number of aromatic nitrogens is 5. The van der Waals surface area contributed by atoms with Crippen molar-refractivity contribution in [3.05, 3.63) is 55.0 Å². The number of urea groups is 1. The van der Waals surface area contributed by atoms with Gasteiger partial charge in [0.05, 0.1) is 35.9 Å². The Hall–Kier alpha value is -4.09. The van der Waals surface area contributed by atoms with E-state index in [2.05, 4.69) is 25.2 Å². The molecule has 1 aromatic carbocycles. The van der Waals surface area contributed by atoms with Crippen molar-refractivity contribution in [1.82, 2.24) is 24.7 Å². The lowest BCUT2D eigenvalue weighted by atomic mass is 9.93. The second kappa shape index (κ2) is 11.1. The molecular formula is C30H34N8O3. The molecule has 5 heterocycles. The van der Waals surface area contributed by atoms with E-state index in [1.807, 2.05) is 30.5 Å². The summed E-state index contributed by atoms with van der Waals surface area (Å²) < 4.78 is 13.8. The predicted octanol–water partition coefficient (Wildman–Crippen LogP) is 5.03. The van der Waals surface area contributed by atoms with Gasteiger partial charge >= 0.3 is 6.03 Å². The summed E-state index contributed by atoms with van der Waals surface area (Å²) in [4.78, 5) is 29.0. The van der Waals surface area contributed by atoms with Crippen LogP contribution >= 0.6 is 0 Å². The van der Waals surface area contributed by atoms with Gasteiger partial charge in [0.25, 0.3) is 0 Å². The second-order valence-corrected chi connectivity index (χ2v) is 11.1. The molecule has 2 amide bonds. The number of anilines is 3. The minimum absolute atomic E-state index is 0.241. The predicted molar refractivity (Wildman–Crippen MR) is 156 cm³/mol. The molecule has 2 aliphatic heterocycles. The van der Waals surface area contributed by atoms with Crippen LogP contribution in [0.2, 0.25) is 0 Å². The van der Waals surface area contributed by atoms with Crippen LogP contribution in [0.3, 0.4) is 0 Å². The van der Waals surface area contributed by atoms with E-state index in [9.17, 15) is 4.79 Å². The van der Waals surface area contributed by atoms with Crippen LogP contribution in [0.5, 0.6) is 0 Å². The summed E-state index contributed by atoms with van der Waals surface area (Å²) >= 11 is 0. The van der Waals surface area contributed by atoms with Crippen LogP contribution in [-0.4, -0.2) is 69.3 Å². The average Bonchev–Trinajstić information content (AvgIpc) is 3.59. The van der Waals surface area contributed by atoms with Gasteiger partial charge in [0.2, 0.25) is 0 Å². The van der Waals surface area contributed by atoms with E-state index in [0.29, 0.717) is 23.3 Å². The minimum Gasteiger partial charge on any atom is -0.381 e. The third-order valence-electron chi connectivity index (χ3n) is 8.44. The maximum absolute atomic E-state index is 12.5. The van der Waals surface area contributed by atoms with Gasteiger partial charge in [-0.3, -0.25) is 4.98 Å². The van der Waals surface area contributed by atoms with Crippen molar-refractivity contribution in [1.29, 1.82) is 0 Å². The van der Waals surface area contributed by atoms with E-state index in [4.69, 9.17) is 24.5 Å². The SMILES string of the molecule is COC1CCC(n2ncc3c(N4CC5CCC(C4)O5)nc(-c4ccc(NC(=O)Nc5ccncc5)cc4)nc32)CC1. The zero-order valence-corrected chi connectivity index (χ0v) is 23.1. The molecule has 7 rings (SSSR count). The molecule has 1 saturated carbocycles. The minimum atomic E-state index is -0.321. The van der Waals surface area contributed by atoms with Crippen LogP contribution in [0.25, 0.3) is 22.4 Å². The zero-order chi connectivity index (χ0) is 27.8. The van der Waals surface area contributed by atoms with E-state index in [-0.39, 0.29) is 24.3 Å². The third kappa shape index (κ3) is 5.34. The largest absolute Gasteiger partial charge is 0.381 e. The Balaban J connectivity index is 1.19. The number of benzene rings is 1. The summed E-state index contributed by atoms with van der Waals surface area (Å²) in [7, 11) is 1.80. The molecule has 3 aliphatic rings. The van der Waals surface area contributed by atoms with Crippen LogP contribution in [0, 0.1) is 0 Å². The lowest BCUT2D eigenvalue weighted by Gasteiger charge is -2.33. The van der Waals surface area contributed by atoms with Gasteiger partial charge < -0.3 is 25.0 Å². The summed E-state index contributed by atoms with van der Waals surface area (Å²) in [5.74, 6) is 1.56. The number of fused-ring (bicyclic) bond motifs is 3. The smallest absolute Gasteiger partial charge is 0.323 e. The maximum atomic E-state index is 12.5. The van der Waals surface area contributed by atoms with Gasteiger partial charge in [-0.1, -0.05) is 0 Å². The Morgan fingerprint density at radius 3 is 2.27 bits per heavy atom. The van der Waals surface area contributed by atoms with Crippen molar-refractivity contribution in [3.8, 4) is 11.4 Å². The topological polar surface area (TPSA) is 119 Å². The van der Waals surface area contributed by atoms with Crippen molar-refractivity contribution in [2.45, 2.75) is 62.9 Å². The number of hydrogen-bond acceptors (Lipinski definition) is 8. The molecule has 212 valence electrons. The van der Waals surface area contributed by atoms with Crippen LogP contribution in [0.15, 0.2) is 55.0 Å². The monoisotopic (exact) mass is 554 g/mol. The Morgan fingerprint density at radius 1 is 0.902 bits per heavy atom. The van der Waals surface area contributed by atoms with Crippen molar-refractivity contribution in [3.63, 3.8) is 0 Å². The number of carbonyl (C=O) groups excluding carboxylic acids is 1. The lowest BCUT2D eigenvalue weighted by molar-refractivity contribution is 0.0303. The number of rotatable bonds is 6. The van der Waals surface area contributed by atoms with E-state index >= 15 is 0 Å². The highest BCUT2D eigenvalue weighted by Crippen LogP contribution is 2.36. The number of amides is 2. The highest BCUT2D eigenvalue weighted by atomic mass is 16.5. The van der Waals surface area contributed by atoms with Crippen molar-refractivity contribution < 1.29 is 14.3 Å². The molecule has 2 atom stereocenters. The number of ether oxygens (including phenoxy) is 2. The van der Waals surface area contributed by atoms with Crippen LogP contribution < -0.4 is 15.5 Å². The first-order chi connectivity index (χ1) is 20.1. The fourth-order valence-corrected chi connectivity index (χ4v) is 6.29. The second-order valence-electron chi connectivity index (χ2n) is 11.1. The van der Waals surface area contributed by atoms with Crippen LogP contribution in [-0.2, 0) is 9.47 Å². The van der Waals surface area contributed by atoms with Gasteiger partial charge in [-0.05, 0) is 74.9 Å². The fraction of sp³-hybridized carbons (Fsp3) is 0.433. The Morgan fingerprint density at radius 2 is 1.59 bits per heavy atom. The molecule has 3 fully saturated rings. The fourth-order valence-electron chi connectivity index (χ4n) is 6.29. The number of nitrogens with zero attached hydrogens (tertiary/aromatic N) is 6. The number of morpholine rings is 1. The molecule has 1 aliphatic carbocycles. The van der Waals surface area contributed by atoms with Gasteiger partial charge in [0.15, 0.2) is 11.5 Å². The first-order valence-electron chi connectivity index (χ1n) is 14.4. The maximum Gasteiger partial charge on any atom is 0.323 e. The van der Waals surface area contributed by atoms with Crippen molar-refractivity contribution in [2.75, 3.05) is 35.7 Å². The van der Waals surface area contributed by atoms with Crippen molar-refractivity contribution >= 4 is 34.3 Å². The van der Waals surface area contributed by atoms with Crippen LogP contribution in [0.4, 0.5) is 22.0 Å². The molecule has 2 unspecified atom stereocenters. The van der Waals surface area contributed by atoms with Gasteiger partial charge in [0.1, 0.15) is 5.82 Å². The van der Waals surface area contributed by atoms with E-state index in [1.54, 1.807) is 31.6 Å². The van der Waals surface area contributed by atoms with Gasteiger partial charge in [-0.15, -0.1) is 0 Å². The first kappa shape index (κ1) is 25.8. The molecule has 3 aromatic heterocycles. The summed E-state index contributed by atoms with van der Waals surface area (Å²) in [5, 5.41) is 11.5. The van der Waals surface area contributed by atoms with Gasteiger partial charge in [-0.2, -0.15) is 5.10 Å². The van der Waals surface area contributed by atoms with E-state index in [1.165, 1.54) is 0 Å². The highest BCUT2D eigenvalue weighted by Gasteiger charge is 2.36. The lowest BCUT2D eigenvalue weighted by Crippen LogP contribution is -2.43. The highest BCUT2D eigenvalue weighted by molar-refractivity contribution is 5.99. The summed E-state index contributed by atoms with van der Waals surface area (Å²) in [6.07, 6.45) is 12.2. The first-order valence-corrected chi connectivity index (χ1v) is 14.4. The molecule has 11 nitrogen and oxygen atoms in total. The summed E-state index contributed by atoms with van der Waals surface area (Å²) in [6, 6.07) is 11.1. The Labute approximate surface area is 238 Å². The third-order valence-corrected chi connectivity index (χ3v) is 8.44. The molecule has 2 saturated heterocycles. The molecule has 2 bridgehead atoms. The standard InChI is InChI=1S/C30H34N8O3/c1-40-23-8-6-22(7-9-23)38-29-26(16-32-38)28(37-17-24-10-11-25(18-37)41-24)35-27(36-29)19-2-4-20(5-3-19)33-30(39)34-21-12-14-31-15-13-21/h2-5,12-16,22-25H,6-11,17-18H2,1H3,(H2,31,33,34,39). The number of pyridine rings is 1. The van der Waals surface area contributed by atoms with Gasteiger partial charge in [0, 0.05) is 49.5 Å².